The standard InChI is InChI=1S/C13H27N3.C5H5N.C2H6/c1-15-8-10-16(11-9-15)7-6-12-2-4-13(14)5-3-12;1-2-4-6-5-3-1;1-2/h12-13H,2-11,14H2,1H3;1-5H;1-2H3. The van der Waals surface area contributed by atoms with E-state index in [4.69, 9.17) is 5.73 Å². The molecule has 0 radical (unpaired) electrons. The summed E-state index contributed by atoms with van der Waals surface area (Å²) in [5.74, 6) is 0.958. The van der Waals surface area contributed by atoms with Crippen LogP contribution in [0.15, 0.2) is 30.6 Å². The maximum Gasteiger partial charge on any atom is 0.0267 e. The van der Waals surface area contributed by atoms with Crippen LogP contribution in [0.4, 0.5) is 0 Å². The highest BCUT2D eigenvalue weighted by Crippen LogP contribution is 2.26. The van der Waals surface area contributed by atoms with E-state index in [2.05, 4.69) is 21.8 Å². The molecule has 24 heavy (non-hydrogen) atoms. The number of pyridine rings is 1. The van der Waals surface area contributed by atoms with Gasteiger partial charge < -0.3 is 15.5 Å². The van der Waals surface area contributed by atoms with E-state index in [1.165, 1.54) is 64.8 Å². The van der Waals surface area contributed by atoms with Gasteiger partial charge in [0.05, 0.1) is 0 Å². The molecule has 0 unspecified atom stereocenters. The highest BCUT2D eigenvalue weighted by Gasteiger charge is 2.20. The molecule has 1 aliphatic heterocycles. The molecule has 3 rings (SSSR count). The minimum Gasteiger partial charge on any atom is -0.328 e. The van der Waals surface area contributed by atoms with Gasteiger partial charge >= 0.3 is 0 Å². The van der Waals surface area contributed by atoms with Gasteiger partial charge in [-0.1, -0.05) is 19.9 Å². The Hall–Kier alpha value is -0.970. The SMILES string of the molecule is CC.CN1CCN(CCC2CCC(N)CC2)CC1.c1ccncc1. The lowest BCUT2D eigenvalue weighted by Gasteiger charge is -2.34. The van der Waals surface area contributed by atoms with E-state index in [0.717, 1.165) is 5.92 Å². The van der Waals surface area contributed by atoms with Crippen LogP contribution in [0.5, 0.6) is 0 Å². The van der Waals surface area contributed by atoms with Gasteiger partial charge in [-0.25, -0.2) is 0 Å². The Morgan fingerprint density at radius 2 is 1.50 bits per heavy atom. The monoisotopic (exact) mass is 334 g/mol. The highest BCUT2D eigenvalue weighted by atomic mass is 15.2. The molecule has 1 saturated heterocycles. The van der Waals surface area contributed by atoms with Gasteiger partial charge in [0.2, 0.25) is 0 Å². The van der Waals surface area contributed by atoms with Crippen LogP contribution in [0, 0.1) is 5.92 Å². The van der Waals surface area contributed by atoms with Crippen molar-refractivity contribution in [2.24, 2.45) is 11.7 Å². The van der Waals surface area contributed by atoms with Crippen molar-refractivity contribution >= 4 is 0 Å². The van der Waals surface area contributed by atoms with E-state index in [-0.39, 0.29) is 0 Å². The average molecular weight is 335 g/mol. The normalized spacial score (nSPS) is 25.0. The van der Waals surface area contributed by atoms with Gasteiger partial charge in [0.25, 0.3) is 0 Å². The molecule has 0 atom stereocenters. The van der Waals surface area contributed by atoms with Gasteiger partial charge in [-0.2, -0.15) is 0 Å². The average Bonchev–Trinajstić information content (AvgIpc) is 2.66. The van der Waals surface area contributed by atoms with Gasteiger partial charge in [0, 0.05) is 44.6 Å². The second kappa shape index (κ2) is 13.3. The van der Waals surface area contributed by atoms with Crippen molar-refractivity contribution in [3.05, 3.63) is 30.6 Å². The molecule has 0 bridgehead atoms. The molecule has 4 heteroatoms. The van der Waals surface area contributed by atoms with Gasteiger partial charge in [0.1, 0.15) is 0 Å². The minimum absolute atomic E-state index is 0.500. The first-order chi connectivity index (χ1) is 11.7. The summed E-state index contributed by atoms with van der Waals surface area (Å²) in [5.41, 5.74) is 5.94. The van der Waals surface area contributed by atoms with Crippen LogP contribution < -0.4 is 5.73 Å². The molecular weight excluding hydrogens is 296 g/mol. The fourth-order valence-electron chi connectivity index (χ4n) is 3.23. The van der Waals surface area contributed by atoms with Gasteiger partial charge in [0.15, 0.2) is 0 Å². The fraction of sp³-hybridized carbons (Fsp3) is 0.750. The van der Waals surface area contributed by atoms with Crippen LogP contribution in [-0.2, 0) is 0 Å². The molecule has 2 heterocycles. The third kappa shape index (κ3) is 9.36. The number of piperazine rings is 1. The first-order valence-electron chi connectivity index (χ1n) is 9.75. The molecular formula is C20H38N4. The van der Waals surface area contributed by atoms with Crippen molar-refractivity contribution < 1.29 is 0 Å². The van der Waals surface area contributed by atoms with E-state index >= 15 is 0 Å². The zero-order valence-corrected chi connectivity index (χ0v) is 16.0. The second-order valence-electron chi connectivity index (χ2n) is 6.74. The number of aromatic nitrogens is 1. The molecule has 0 aromatic carbocycles. The van der Waals surface area contributed by atoms with E-state index in [9.17, 15) is 0 Å². The van der Waals surface area contributed by atoms with Crippen molar-refractivity contribution in [2.45, 2.75) is 52.0 Å². The zero-order chi connectivity index (χ0) is 17.6. The number of hydrogen-bond acceptors (Lipinski definition) is 4. The summed E-state index contributed by atoms with van der Waals surface area (Å²) in [7, 11) is 2.22. The van der Waals surface area contributed by atoms with Crippen LogP contribution in [0.2, 0.25) is 0 Å². The smallest absolute Gasteiger partial charge is 0.0267 e. The Bertz CT molecular complexity index is 320. The third-order valence-electron chi connectivity index (χ3n) is 4.91. The van der Waals surface area contributed by atoms with Crippen LogP contribution >= 0.6 is 0 Å². The molecule has 0 spiro atoms. The summed E-state index contributed by atoms with van der Waals surface area (Å²) in [6, 6.07) is 6.22. The van der Waals surface area contributed by atoms with Gasteiger partial charge in [-0.15, -0.1) is 0 Å². The molecule has 1 aliphatic carbocycles. The van der Waals surface area contributed by atoms with Crippen molar-refractivity contribution in [3.8, 4) is 0 Å². The lowest BCUT2D eigenvalue weighted by Crippen LogP contribution is -2.45. The largest absolute Gasteiger partial charge is 0.328 e. The summed E-state index contributed by atoms with van der Waals surface area (Å²) < 4.78 is 0. The first-order valence-corrected chi connectivity index (χ1v) is 9.75. The molecule has 1 aromatic heterocycles. The third-order valence-corrected chi connectivity index (χ3v) is 4.91. The molecule has 1 aromatic rings. The van der Waals surface area contributed by atoms with Crippen molar-refractivity contribution in [1.29, 1.82) is 0 Å². The summed E-state index contributed by atoms with van der Waals surface area (Å²) in [6.07, 6.45) is 10.2. The second-order valence-corrected chi connectivity index (χ2v) is 6.74. The molecule has 1 saturated carbocycles. The number of rotatable bonds is 3. The van der Waals surface area contributed by atoms with E-state index in [1.54, 1.807) is 12.4 Å². The highest BCUT2D eigenvalue weighted by molar-refractivity contribution is 4.88. The Morgan fingerprint density at radius 1 is 0.917 bits per heavy atom. The number of hydrogen-bond donors (Lipinski definition) is 1. The quantitative estimate of drug-likeness (QED) is 0.921. The Kier molecular flexibility index (Phi) is 11.7. The van der Waals surface area contributed by atoms with E-state index < -0.39 is 0 Å². The number of nitrogens with zero attached hydrogens (tertiary/aromatic N) is 3. The summed E-state index contributed by atoms with van der Waals surface area (Å²) in [6.45, 7) is 10.3. The Morgan fingerprint density at radius 3 is 1.96 bits per heavy atom. The summed E-state index contributed by atoms with van der Waals surface area (Å²) in [5, 5.41) is 0. The van der Waals surface area contributed by atoms with Gasteiger partial charge in [-0.05, 0) is 63.7 Å². The molecule has 0 amide bonds. The first kappa shape index (κ1) is 21.1. The topological polar surface area (TPSA) is 45.4 Å². The van der Waals surface area contributed by atoms with Crippen molar-refractivity contribution in [3.63, 3.8) is 0 Å². The lowest BCUT2D eigenvalue weighted by atomic mass is 9.84. The number of nitrogens with two attached hydrogens (primary N) is 1. The molecule has 4 nitrogen and oxygen atoms in total. The van der Waals surface area contributed by atoms with Gasteiger partial charge in [-0.3, -0.25) is 4.98 Å². The summed E-state index contributed by atoms with van der Waals surface area (Å²) >= 11 is 0. The molecule has 2 fully saturated rings. The predicted octanol–water partition coefficient (Wildman–Crippen LogP) is 3.25. The summed E-state index contributed by atoms with van der Waals surface area (Å²) in [4.78, 5) is 8.84. The maximum absolute atomic E-state index is 5.94. The van der Waals surface area contributed by atoms with Crippen molar-refractivity contribution in [1.82, 2.24) is 14.8 Å². The Labute approximate surface area is 149 Å². The molecule has 2 aliphatic rings. The predicted molar refractivity (Wildman–Crippen MR) is 104 cm³/mol. The van der Waals surface area contributed by atoms with Crippen LogP contribution in [0.3, 0.4) is 0 Å². The van der Waals surface area contributed by atoms with Crippen LogP contribution in [0.25, 0.3) is 0 Å². The van der Waals surface area contributed by atoms with E-state index in [1.807, 2.05) is 32.0 Å². The fourth-order valence-corrected chi connectivity index (χ4v) is 3.23. The van der Waals surface area contributed by atoms with E-state index in [0.29, 0.717) is 6.04 Å². The molecule has 2 N–H and O–H groups in total. The zero-order valence-electron chi connectivity index (χ0n) is 16.0. The van der Waals surface area contributed by atoms with Crippen LogP contribution in [-0.4, -0.2) is 60.6 Å². The maximum atomic E-state index is 5.94. The minimum atomic E-state index is 0.500. The van der Waals surface area contributed by atoms with Crippen molar-refractivity contribution in [2.75, 3.05) is 39.8 Å². The molecule has 138 valence electrons. The lowest BCUT2D eigenvalue weighted by molar-refractivity contribution is 0.141. The number of likely N-dealkylation sites (N-methyl/N-ethyl adjacent to an activating group) is 1. The van der Waals surface area contributed by atoms with Crippen LogP contribution in [0.1, 0.15) is 46.0 Å². The Balaban J connectivity index is 0.000000300.